The Bertz CT molecular complexity index is 1370. The highest BCUT2D eigenvalue weighted by molar-refractivity contribution is 5.89. The first-order chi connectivity index (χ1) is 18.6. The second-order valence-corrected chi connectivity index (χ2v) is 8.49. The molecule has 14 heteroatoms. The Morgan fingerprint density at radius 1 is 0.897 bits per heavy atom. The van der Waals surface area contributed by atoms with Crippen LogP contribution in [0.25, 0.3) is 22.3 Å². The predicted molar refractivity (Wildman–Crippen MR) is 129 cm³/mol. The third-order valence-corrected chi connectivity index (χ3v) is 5.84. The van der Waals surface area contributed by atoms with E-state index in [1.165, 1.54) is 24.3 Å². The number of aromatic hydroxyl groups is 3. The van der Waals surface area contributed by atoms with Gasteiger partial charge in [0.15, 0.2) is 23.0 Å². The van der Waals surface area contributed by atoms with Crippen molar-refractivity contribution in [3.8, 4) is 34.3 Å². The molecule has 14 nitrogen and oxygen atoms in total. The van der Waals surface area contributed by atoms with Crippen molar-refractivity contribution in [1.82, 2.24) is 0 Å². The molecule has 4 rings (SSSR count). The van der Waals surface area contributed by atoms with Gasteiger partial charge in [-0.05, 0) is 24.3 Å². The first kappa shape index (κ1) is 28.1. The third-order valence-electron chi connectivity index (χ3n) is 5.84. The maximum atomic E-state index is 12.7. The van der Waals surface area contributed by atoms with Crippen molar-refractivity contribution >= 4 is 16.9 Å². The molecule has 0 radical (unpaired) electrons. The van der Waals surface area contributed by atoms with Crippen molar-refractivity contribution in [2.24, 2.45) is 0 Å². The molecule has 0 spiro atoms. The Kier molecular flexibility index (Phi) is 8.54. The van der Waals surface area contributed by atoms with Crippen LogP contribution in [0.4, 0.5) is 0 Å². The number of phenolic OH excluding ortho intramolecular Hbond substituents is 3. The molecule has 2 heterocycles. The zero-order valence-corrected chi connectivity index (χ0v) is 20.2. The molecule has 0 bridgehead atoms. The first-order valence-electron chi connectivity index (χ1n) is 11.7. The van der Waals surface area contributed by atoms with Gasteiger partial charge in [0.05, 0.1) is 19.8 Å². The Balaban J connectivity index is 1.60. The lowest BCUT2D eigenvalue weighted by Crippen LogP contribution is -2.61. The van der Waals surface area contributed by atoms with E-state index < -0.39 is 59.4 Å². The molecule has 1 aliphatic rings. The fraction of sp³-hybridized carbons (Fsp3) is 0.360. The maximum absolute atomic E-state index is 12.7. The van der Waals surface area contributed by atoms with Crippen molar-refractivity contribution in [2.45, 2.75) is 30.7 Å². The zero-order chi connectivity index (χ0) is 28.3. The number of aliphatic hydroxyl groups is 4. The summed E-state index contributed by atoms with van der Waals surface area (Å²) in [5.41, 5.74) is -0.536. The number of hydrogen-bond acceptors (Lipinski definition) is 14. The van der Waals surface area contributed by atoms with Gasteiger partial charge in [0.2, 0.25) is 12.0 Å². The van der Waals surface area contributed by atoms with Gasteiger partial charge in [-0.25, -0.2) is 4.79 Å². The van der Waals surface area contributed by atoms with Gasteiger partial charge in [0.1, 0.15) is 47.4 Å². The van der Waals surface area contributed by atoms with Crippen LogP contribution in [-0.2, 0) is 19.0 Å². The first-order valence-corrected chi connectivity index (χ1v) is 11.7. The number of phenols is 3. The summed E-state index contributed by atoms with van der Waals surface area (Å²) in [7, 11) is 0. The number of ether oxygens (including phenoxy) is 4. The molecular formula is C25H26O14. The number of esters is 1. The Hall–Kier alpha value is -3.92. The SMILES string of the molecule is O=C(OCCOCCO)[C@H]1O[C@@H](Oc2cc3oc(-c4ccc(O)cc4)cc(=O)c3c(O)c2O)[C@H](O)[C@@H](O)[C@@H]1O. The predicted octanol–water partition coefficient (Wildman–Crippen LogP) is -0.685. The summed E-state index contributed by atoms with van der Waals surface area (Å²) < 4.78 is 26.3. The molecule has 1 aliphatic heterocycles. The summed E-state index contributed by atoms with van der Waals surface area (Å²) >= 11 is 0. The molecule has 0 unspecified atom stereocenters. The van der Waals surface area contributed by atoms with E-state index in [9.17, 15) is 40.2 Å². The second kappa shape index (κ2) is 11.9. The summed E-state index contributed by atoms with van der Waals surface area (Å²) in [6.45, 7) is -0.557. The summed E-state index contributed by atoms with van der Waals surface area (Å²) in [6.07, 6.45) is -9.45. The molecule has 0 amide bonds. The Labute approximate surface area is 219 Å². The lowest BCUT2D eigenvalue weighted by Gasteiger charge is -2.39. The molecule has 5 atom stereocenters. The van der Waals surface area contributed by atoms with Crippen LogP contribution in [0.15, 0.2) is 45.6 Å². The average molecular weight is 550 g/mol. The molecule has 39 heavy (non-hydrogen) atoms. The van der Waals surface area contributed by atoms with Crippen LogP contribution < -0.4 is 10.2 Å². The van der Waals surface area contributed by atoms with E-state index in [2.05, 4.69) is 0 Å². The monoisotopic (exact) mass is 550 g/mol. The molecule has 2 aromatic carbocycles. The minimum Gasteiger partial charge on any atom is -0.508 e. The summed E-state index contributed by atoms with van der Waals surface area (Å²) in [4.78, 5) is 25.1. The van der Waals surface area contributed by atoms with Gasteiger partial charge in [-0.15, -0.1) is 0 Å². The van der Waals surface area contributed by atoms with Gasteiger partial charge in [0, 0.05) is 17.7 Å². The lowest BCUT2D eigenvalue weighted by atomic mass is 9.99. The number of benzene rings is 2. The van der Waals surface area contributed by atoms with Crippen molar-refractivity contribution in [2.75, 3.05) is 26.4 Å². The van der Waals surface area contributed by atoms with Gasteiger partial charge < -0.3 is 59.1 Å². The lowest BCUT2D eigenvalue weighted by molar-refractivity contribution is -0.272. The third kappa shape index (κ3) is 5.90. The van der Waals surface area contributed by atoms with E-state index in [4.69, 9.17) is 28.5 Å². The van der Waals surface area contributed by atoms with E-state index in [0.29, 0.717) is 5.56 Å². The van der Waals surface area contributed by atoms with Crippen LogP contribution in [0.5, 0.6) is 23.0 Å². The molecule has 1 saturated heterocycles. The minimum atomic E-state index is -1.94. The number of carbonyl (C=O) groups excluding carboxylic acids is 1. The maximum Gasteiger partial charge on any atom is 0.338 e. The fourth-order valence-electron chi connectivity index (χ4n) is 3.84. The minimum absolute atomic E-state index is 0.0135. The molecule has 210 valence electrons. The van der Waals surface area contributed by atoms with Gasteiger partial charge in [-0.3, -0.25) is 4.79 Å². The smallest absolute Gasteiger partial charge is 0.338 e. The van der Waals surface area contributed by atoms with Crippen molar-refractivity contribution in [1.29, 1.82) is 0 Å². The van der Waals surface area contributed by atoms with Crippen LogP contribution in [0.1, 0.15) is 0 Å². The quantitative estimate of drug-likeness (QED) is 0.0995. The highest BCUT2D eigenvalue weighted by Crippen LogP contribution is 2.42. The van der Waals surface area contributed by atoms with Gasteiger partial charge in [0.25, 0.3) is 0 Å². The van der Waals surface area contributed by atoms with E-state index in [1.807, 2.05) is 0 Å². The summed E-state index contributed by atoms with van der Waals surface area (Å²) in [6, 6.07) is 7.79. The Morgan fingerprint density at radius 3 is 2.31 bits per heavy atom. The molecule has 3 aromatic rings. The van der Waals surface area contributed by atoms with Gasteiger partial charge in [-0.2, -0.15) is 0 Å². The van der Waals surface area contributed by atoms with Crippen LogP contribution in [0.2, 0.25) is 0 Å². The van der Waals surface area contributed by atoms with E-state index in [1.54, 1.807) is 0 Å². The van der Waals surface area contributed by atoms with Gasteiger partial charge >= 0.3 is 5.97 Å². The van der Waals surface area contributed by atoms with Crippen molar-refractivity contribution in [3.05, 3.63) is 46.6 Å². The van der Waals surface area contributed by atoms with E-state index >= 15 is 0 Å². The van der Waals surface area contributed by atoms with E-state index in [0.717, 1.165) is 12.1 Å². The summed E-state index contributed by atoms with van der Waals surface area (Å²) in [5.74, 6) is -3.47. The number of rotatable bonds is 9. The second-order valence-electron chi connectivity index (χ2n) is 8.49. The number of carbonyl (C=O) groups is 1. The normalized spacial score (nSPS) is 23.0. The fourth-order valence-corrected chi connectivity index (χ4v) is 3.84. The zero-order valence-electron chi connectivity index (χ0n) is 20.2. The molecule has 7 N–H and O–H groups in total. The summed E-state index contributed by atoms with van der Waals surface area (Å²) in [5, 5.41) is 69.6. The molecule has 1 aromatic heterocycles. The highest BCUT2D eigenvalue weighted by atomic mass is 16.7. The molecule has 0 aliphatic carbocycles. The largest absolute Gasteiger partial charge is 0.508 e. The van der Waals surface area contributed by atoms with Crippen LogP contribution in [0.3, 0.4) is 0 Å². The van der Waals surface area contributed by atoms with Crippen molar-refractivity contribution in [3.63, 3.8) is 0 Å². The highest BCUT2D eigenvalue weighted by Gasteiger charge is 2.49. The molecular weight excluding hydrogens is 524 g/mol. The Morgan fingerprint density at radius 2 is 1.62 bits per heavy atom. The van der Waals surface area contributed by atoms with Crippen molar-refractivity contribution < 1.29 is 63.9 Å². The molecule has 0 saturated carbocycles. The van der Waals surface area contributed by atoms with Crippen LogP contribution in [0, 0.1) is 0 Å². The van der Waals surface area contributed by atoms with Crippen LogP contribution in [-0.4, -0.2) is 98.8 Å². The van der Waals surface area contributed by atoms with E-state index in [-0.39, 0.29) is 48.9 Å². The standard InChI is InChI=1S/C25H26O14/c26-5-6-35-7-8-36-24(34)23-21(32)20(31)22(33)25(39-23)38-16-10-15-17(19(30)18(16)29)13(28)9-14(37-15)11-1-3-12(27)4-2-11/h1-4,9-10,20-23,25-27,29-33H,5-8H2/t20-,21-,22+,23-,25+/m0/s1. The number of aliphatic hydroxyl groups excluding tert-OH is 4. The molecule has 1 fully saturated rings. The number of hydrogen-bond donors (Lipinski definition) is 7. The number of fused-ring (bicyclic) bond motifs is 1. The van der Waals surface area contributed by atoms with Gasteiger partial charge in [-0.1, -0.05) is 0 Å². The average Bonchev–Trinajstić information content (AvgIpc) is 2.91. The topological polar surface area (TPSA) is 226 Å². The van der Waals surface area contributed by atoms with Crippen LogP contribution >= 0.6 is 0 Å².